The quantitative estimate of drug-likeness (QED) is 0.792. The summed E-state index contributed by atoms with van der Waals surface area (Å²) >= 11 is 0. The lowest BCUT2D eigenvalue weighted by atomic mass is 10.0. The molecule has 76 valence electrons. The minimum Gasteiger partial charge on any atom is -0.325 e. The normalized spacial score (nSPS) is 18.6. The number of hydrogen-bond acceptors (Lipinski definition) is 1. The summed E-state index contributed by atoms with van der Waals surface area (Å²) in [7, 11) is 0. The molecule has 0 saturated heterocycles. The Morgan fingerprint density at radius 2 is 1.79 bits per heavy atom. The number of benzene rings is 1. The van der Waals surface area contributed by atoms with Gasteiger partial charge in [-0.15, -0.1) is 0 Å². The predicted octanol–water partition coefficient (Wildman–Crippen LogP) is 2.66. The minimum absolute atomic E-state index is 0.0493. The highest BCUT2D eigenvalue weighted by Gasteiger charge is 2.37. The van der Waals surface area contributed by atoms with Crippen LogP contribution in [0.2, 0.25) is 0 Å². The summed E-state index contributed by atoms with van der Waals surface area (Å²) in [5.74, 6) is 0. The summed E-state index contributed by atoms with van der Waals surface area (Å²) in [6.45, 7) is 0. The van der Waals surface area contributed by atoms with Gasteiger partial charge in [0.2, 0.25) is 0 Å². The monoisotopic (exact) mass is 197 g/mol. The first-order valence-corrected chi connectivity index (χ1v) is 4.75. The number of rotatable bonds is 3. The second-order valence-corrected chi connectivity index (χ2v) is 4.08. The van der Waals surface area contributed by atoms with Crippen molar-refractivity contribution in [3.63, 3.8) is 0 Å². The molecule has 0 atom stereocenters. The Balaban J connectivity index is 2.06. The van der Waals surface area contributed by atoms with E-state index in [2.05, 4.69) is 0 Å². The molecule has 1 aliphatic rings. The number of hydrogen-bond donors (Lipinski definition) is 1. The molecule has 2 rings (SSSR count). The van der Waals surface area contributed by atoms with Crippen molar-refractivity contribution in [2.45, 2.75) is 31.2 Å². The highest BCUT2D eigenvalue weighted by Crippen LogP contribution is 2.35. The molecule has 1 aliphatic carbocycles. The van der Waals surface area contributed by atoms with E-state index in [0.717, 1.165) is 24.8 Å². The molecule has 2 N–H and O–H groups in total. The zero-order valence-electron chi connectivity index (χ0n) is 7.84. The van der Waals surface area contributed by atoms with Crippen molar-refractivity contribution in [3.8, 4) is 0 Å². The molecule has 0 unspecified atom stereocenters. The van der Waals surface area contributed by atoms with Gasteiger partial charge in [0.25, 0.3) is 6.43 Å². The summed E-state index contributed by atoms with van der Waals surface area (Å²) < 4.78 is 24.4. The summed E-state index contributed by atoms with van der Waals surface area (Å²) in [6, 6.07) is 6.44. The third-order valence-electron chi connectivity index (χ3n) is 2.68. The van der Waals surface area contributed by atoms with Crippen LogP contribution in [0.1, 0.15) is 30.4 Å². The first kappa shape index (κ1) is 9.59. The van der Waals surface area contributed by atoms with Crippen LogP contribution in [0, 0.1) is 0 Å². The van der Waals surface area contributed by atoms with E-state index in [9.17, 15) is 8.78 Å². The van der Waals surface area contributed by atoms with E-state index < -0.39 is 6.43 Å². The highest BCUT2D eigenvalue weighted by molar-refractivity contribution is 5.26. The first-order valence-electron chi connectivity index (χ1n) is 4.75. The lowest BCUT2D eigenvalue weighted by molar-refractivity contribution is 0.151. The van der Waals surface area contributed by atoms with Crippen LogP contribution in [0.4, 0.5) is 8.78 Å². The Labute approximate surface area is 81.9 Å². The molecule has 0 aliphatic heterocycles. The Morgan fingerprint density at radius 1 is 1.21 bits per heavy atom. The molecule has 1 aromatic carbocycles. The molecule has 3 heteroatoms. The average Bonchev–Trinajstić information content (AvgIpc) is 2.84. The Bertz CT molecular complexity index is 315. The molecule has 0 spiro atoms. The number of nitrogens with two attached hydrogens (primary N) is 1. The van der Waals surface area contributed by atoms with Gasteiger partial charge in [-0.1, -0.05) is 24.3 Å². The van der Waals surface area contributed by atoms with Gasteiger partial charge in [-0.05, 0) is 24.8 Å². The van der Waals surface area contributed by atoms with Crippen LogP contribution in [-0.4, -0.2) is 5.54 Å². The van der Waals surface area contributed by atoms with Crippen molar-refractivity contribution in [2.75, 3.05) is 0 Å². The van der Waals surface area contributed by atoms with Gasteiger partial charge in [0.15, 0.2) is 0 Å². The lowest BCUT2D eigenvalue weighted by Crippen LogP contribution is -2.24. The lowest BCUT2D eigenvalue weighted by Gasteiger charge is -2.08. The molecule has 0 radical (unpaired) electrons. The maximum Gasteiger partial charge on any atom is 0.263 e. The van der Waals surface area contributed by atoms with E-state index in [0.29, 0.717) is 0 Å². The van der Waals surface area contributed by atoms with Crippen LogP contribution < -0.4 is 5.73 Å². The van der Waals surface area contributed by atoms with Gasteiger partial charge in [-0.3, -0.25) is 0 Å². The van der Waals surface area contributed by atoms with E-state index in [4.69, 9.17) is 5.73 Å². The molecule has 14 heavy (non-hydrogen) atoms. The van der Waals surface area contributed by atoms with Crippen molar-refractivity contribution >= 4 is 0 Å². The third kappa shape index (κ3) is 2.10. The molecule has 1 aromatic rings. The van der Waals surface area contributed by atoms with Crippen molar-refractivity contribution in [2.24, 2.45) is 5.73 Å². The van der Waals surface area contributed by atoms with Gasteiger partial charge in [0.1, 0.15) is 0 Å². The maximum absolute atomic E-state index is 12.2. The van der Waals surface area contributed by atoms with Crippen LogP contribution >= 0.6 is 0 Å². The molecule has 0 heterocycles. The second-order valence-electron chi connectivity index (χ2n) is 4.08. The molecule has 1 fully saturated rings. The fraction of sp³-hybridized carbons (Fsp3) is 0.455. The van der Waals surface area contributed by atoms with E-state index in [1.807, 2.05) is 0 Å². The minimum atomic E-state index is -2.38. The summed E-state index contributed by atoms with van der Waals surface area (Å²) in [4.78, 5) is 0. The zero-order valence-corrected chi connectivity index (χ0v) is 7.84. The fourth-order valence-corrected chi connectivity index (χ4v) is 1.52. The summed E-state index contributed by atoms with van der Waals surface area (Å²) in [5.41, 5.74) is 7.01. The van der Waals surface area contributed by atoms with Crippen molar-refractivity contribution < 1.29 is 8.78 Å². The average molecular weight is 197 g/mol. The fourth-order valence-electron chi connectivity index (χ4n) is 1.52. The largest absolute Gasteiger partial charge is 0.325 e. The molecule has 0 bridgehead atoms. The third-order valence-corrected chi connectivity index (χ3v) is 2.68. The van der Waals surface area contributed by atoms with Crippen LogP contribution in [0.25, 0.3) is 0 Å². The van der Waals surface area contributed by atoms with Gasteiger partial charge in [0, 0.05) is 11.1 Å². The van der Waals surface area contributed by atoms with Crippen molar-refractivity contribution in [1.82, 2.24) is 0 Å². The Morgan fingerprint density at radius 3 is 2.21 bits per heavy atom. The Hall–Kier alpha value is -0.960. The summed E-state index contributed by atoms with van der Waals surface area (Å²) in [5, 5.41) is 0. The maximum atomic E-state index is 12.2. The summed E-state index contributed by atoms with van der Waals surface area (Å²) in [6.07, 6.45) is 0.515. The topological polar surface area (TPSA) is 26.0 Å². The Kier molecular flexibility index (Phi) is 2.27. The van der Waals surface area contributed by atoms with Gasteiger partial charge in [0.05, 0.1) is 0 Å². The van der Waals surface area contributed by atoms with Crippen molar-refractivity contribution in [1.29, 1.82) is 0 Å². The molecule has 0 aromatic heterocycles. The van der Waals surface area contributed by atoms with E-state index in [1.165, 1.54) is 12.1 Å². The molecule has 1 nitrogen and oxygen atoms in total. The van der Waals surface area contributed by atoms with Crippen LogP contribution in [0.3, 0.4) is 0 Å². The SMILES string of the molecule is NC1(Cc2ccc(C(F)F)cc2)CC1. The van der Waals surface area contributed by atoms with Gasteiger partial charge >= 0.3 is 0 Å². The van der Waals surface area contributed by atoms with Crippen LogP contribution in [-0.2, 0) is 6.42 Å². The van der Waals surface area contributed by atoms with Gasteiger partial charge in [-0.2, -0.15) is 0 Å². The van der Waals surface area contributed by atoms with Crippen molar-refractivity contribution in [3.05, 3.63) is 35.4 Å². The van der Waals surface area contributed by atoms with Gasteiger partial charge in [-0.25, -0.2) is 8.78 Å². The zero-order chi connectivity index (χ0) is 10.2. The van der Waals surface area contributed by atoms with Crippen LogP contribution in [0.15, 0.2) is 24.3 Å². The first-order chi connectivity index (χ1) is 6.59. The van der Waals surface area contributed by atoms with Crippen LogP contribution in [0.5, 0.6) is 0 Å². The predicted molar refractivity (Wildman–Crippen MR) is 51.3 cm³/mol. The smallest absolute Gasteiger partial charge is 0.263 e. The molecular weight excluding hydrogens is 184 g/mol. The van der Waals surface area contributed by atoms with E-state index >= 15 is 0 Å². The highest BCUT2D eigenvalue weighted by atomic mass is 19.3. The standard InChI is InChI=1S/C11H13F2N/c12-10(13)9-3-1-8(2-4-9)7-11(14)5-6-11/h1-4,10H,5-7,14H2. The number of halogens is 2. The van der Waals surface area contributed by atoms with E-state index in [1.54, 1.807) is 12.1 Å². The molecule has 0 amide bonds. The van der Waals surface area contributed by atoms with E-state index in [-0.39, 0.29) is 11.1 Å². The van der Waals surface area contributed by atoms with Gasteiger partial charge < -0.3 is 5.73 Å². The molecule has 1 saturated carbocycles. The second kappa shape index (κ2) is 3.31. The molecular formula is C11H13F2N. The number of alkyl halides is 2.